The number of fused-ring (bicyclic) bond motifs is 1. The summed E-state index contributed by atoms with van der Waals surface area (Å²) in [6, 6.07) is 17.0. The van der Waals surface area contributed by atoms with Crippen LogP contribution in [-0.4, -0.2) is 14.4 Å². The van der Waals surface area contributed by atoms with Crippen LogP contribution < -0.4 is 0 Å². The molecule has 0 N–H and O–H groups in total. The van der Waals surface area contributed by atoms with Crippen molar-refractivity contribution >= 4 is 5.65 Å². The lowest BCUT2D eigenvalue weighted by molar-refractivity contribution is 1.16. The third-order valence-corrected chi connectivity index (χ3v) is 3.90. The van der Waals surface area contributed by atoms with Crippen LogP contribution in [0.5, 0.6) is 0 Å². The highest BCUT2D eigenvalue weighted by molar-refractivity contribution is 5.65. The first-order valence-electron chi connectivity index (χ1n) is 7.67. The highest BCUT2D eigenvalue weighted by atomic mass is 15.0. The molecule has 0 saturated carbocycles. The van der Waals surface area contributed by atoms with Crippen LogP contribution >= 0.6 is 0 Å². The maximum atomic E-state index is 4.43. The Morgan fingerprint density at radius 2 is 1.83 bits per heavy atom. The van der Waals surface area contributed by atoms with E-state index in [1.54, 1.807) is 12.4 Å². The van der Waals surface area contributed by atoms with Gasteiger partial charge in [0.25, 0.3) is 0 Å². The minimum Gasteiger partial charge on any atom is -0.292 e. The van der Waals surface area contributed by atoms with Crippen molar-refractivity contribution in [2.75, 3.05) is 0 Å². The van der Waals surface area contributed by atoms with Gasteiger partial charge in [-0.05, 0) is 53.8 Å². The molecule has 0 aliphatic rings. The molecule has 1 aromatic carbocycles. The van der Waals surface area contributed by atoms with Crippen molar-refractivity contribution in [2.24, 2.45) is 0 Å². The molecular formula is C21H14N3. The summed E-state index contributed by atoms with van der Waals surface area (Å²) < 4.78 is 2.02. The van der Waals surface area contributed by atoms with Gasteiger partial charge in [0.15, 0.2) is 0 Å². The van der Waals surface area contributed by atoms with E-state index < -0.39 is 0 Å². The Labute approximate surface area is 140 Å². The molecule has 1 radical (unpaired) electrons. The Kier molecular flexibility index (Phi) is 3.57. The van der Waals surface area contributed by atoms with Crippen LogP contribution in [0.3, 0.4) is 0 Å². The van der Waals surface area contributed by atoms with Crippen LogP contribution in [0.1, 0.15) is 16.8 Å². The molecule has 113 valence electrons. The minimum absolute atomic E-state index is 0.866. The summed E-state index contributed by atoms with van der Waals surface area (Å²) in [5.74, 6) is 6.43. The molecule has 3 heteroatoms. The van der Waals surface area contributed by atoms with Gasteiger partial charge in [-0.15, -0.1) is 0 Å². The number of nitrogens with zero attached hydrogens (tertiary/aromatic N) is 3. The van der Waals surface area contributed by atoms with Crippen molar-refractivity contribution in [3.63, 3.8) is 0 Å². The van der Waals surface area contributed by atoms with Crippen molar-refractivity contribution in [2.45, 2.75) is 6.92 Å². The molecule has 0 bridgehead atoms. The second kappa shape index (κ2) is 6.02. The van der Waals surface area contributed by atoms with Crippen molar-refractivity contribution in [3.05, 3.63) is 90.1 Å². The first-order valence-corrected chi connectivity index (χ1v) is 7.67. The number of benzene rings is 1. The Hall–Kier alpha value is -3.38. The first-order chi connectivity index (χ1) is 11.8. The number of rotatable bonds is 1. The van der Waals surface area contributed by atoms with Crippen molar-refractivity contribution < 1.29 is 0 Å². The molecule has 3 nitrogen and oxygen atoms in total. The first kappa shape index (κ1) is 14.2. The number of pyridine rings is 2. The van der Waals surface area contributed by atoms with E-state index >= 15 is 0 Å². The Morgan fingerprint density at radius 1 is 0.958 bits per heavy atom. The lowest BCUT2D eigenvalue weighted by atomic mass is 10.1. The van der Waals surface area contributed by atoms with E-state index in [0.29, 0.717) is 0 Å². The lowest BCUT2D eigenvalue weighted by Crippen LogP contribution is -1.90. The fourth-order valence-electron chi connectivity index (χ4n) is 2.57. The van der Waals surface area contributed by atoms with Crippen LogP contribution in [0.15, 0.2) is 67.3 Å². The third-order valence-electron chi connectivity index (χ3n) is 3.90. The molecule has 0 amide bonds. The van der Waals surface area contributed by atoms with Crippen LogP contribution in [0.2, 0.25) is 0 Å². The van der Waals surface area contributed by atoms with E-state index in [-0.39, 0.29) is 0 Å². The van der Waals surface area contributed by atoms with Crippen LogP contribution in [0, 0.1) is 24.8 Å². The van der Waals surface area contributed by atoms with Gasteiger partial charge in [0.1, 0.15) is 11.3 Å². The predicted octanol–water partition coefficient (Wildman–Crippen LogP) is 3.90. The number of hydrogen-bond acceptors (Lipinski definition) is 2. The maximum Gasteiger partial charge on any atom is 0.137 e. The number of aryl methyl sites for hydroxylation is 1. The standard InChI is InChI=1S/C21H14N3/c1-16-13-22-12-11-17(16)7-9-20-14-23-21-10-8-19(15-24(20)21)18-5-3-2-4-6-18/h3-6,8,10-15H,1H3. The molecular weight excluding hydrogens is 294 g/mol. The second-order valence-electron chi connectivity index (χ2n) is 5.52. The van der Waals surface area contributed by atoms with Gasteiger partial charge in [0.2, 0.25) is 0 Å². The van der Waals surface area contributed by atoms with Crippen molar-refractivity contribution in [1.82, 2.24) is 14.4 Å². The predicted molar refractivity (Wildman–Crippen MR) is 94.4 cm³/mol. The summed E-state index contributed by atoms with van der Waals surface area (Å²) in [6.07, 6.45) is 7.46. The zero-order valence-corrected chi connectivity index (χ0v) is 13.2. The average Bonchev–Trinajstić information content (AvgIpc) is 3.04. The van der Waals surface area contributed by atoms with Gasteiger partial charge >= 0.3 is 0 Å². The van der Waals surface area contributed by atoms with E-state index in [2.05, 4.69) is 40.1 Å². The molecule has 3 heterocycles. The van der Waals surface area contributed by atoms with E-state index in [0.717, 1.165) is 33.6 Å². The zero-order valence-electron chi connectivity index (χ0n) is 13.2. The molecule has 3 aromatic heterocycles. The summed E-state index contributed by atoms with van der Waals surface area (Å²) in [7, 11) is 0. The normalized spacial score (nSPS) is 10.4. The monoisotopic (exact) mass is 308 g/mol. The molecule has 0 spiro atoms. The van der Waals surface area contributed by atoms with Gasteiger partial charge in [-0.25, -0.2) is 4.98 Å². The number of aromatic nitrogens is 3. The van der Waals surface area contributed by atoms with E-state index in [9.17, 15) is 0 Å². The highest BCUT2D eigenvalue weighted by Crippen LogP contribution is 2.20. The topological polar surface area (TPSA) is 30.2 Å². The van der Waals surface area contributed by atoms with Crippen LogP contribution in [0.25, 0.3) is 16.8 Å². The SMILES string of the molecule is Cc1cnccc1C#Cc1cnc2ccc(-c3cc[c]cc3)cn12. The summed E-state index contributed by atoms with van der Waals surface area (Å²) in [4.78, 5) is 8.53. The van der Waals surface area contributed by atoms with Crippen LogP contribution in [-0.2, 0) is 0 Å². The van der Waals surface area contributed by atoms with Gasteiger partial charge in [-0.3, -0.25) is 9.38 Å². The van der Waals surface area contributed by atoms with E-state index in [1.807, 2.05) is 53.9 Å². The molecule has 0 aliphatic carbocycles. The number of hydrogen-bond donors (Lipinski definition) is 0. The van der Waals surface area contributed by atoms with Crippen molar-refractivity contribution in [1.29, 1.82) is 0 Å². The fraction of sp³-hybridized carbons (Fsp3) is 0.0476. The molecule has 0 atom stereocenters. The Bertz CT molecular complexity index is 1070. The Morgan fingerprint density at radius 3 is 2.67 bits per heavy atom. The molecule has 0 saturated heterocycles. The Balaban J connectivity index is 1.79. The molecule has 0 fully saturated rings. The molecule has 4 aromatic rings. The second-order valence-corrected chi connectivity index (χ2v) is 5.52. The van der Waals surface area contributed by atoms with Gasteiger partial charge in [0.05, 0.1) is 6.20 Å². The minimum atomic E-state index is 0.866. The van der Waals surface area contributed by atoms with Crippen LogP contribution in [0.4, 0.5) is 0 Å². The summed E-state index contributed by atoms with van der Waals surface area (Å²) >= 11 is 0. The van der Waals surface area contributed by atoms with Crippen molar-refractivity contribution in [3.8, 4) is 23.0 Å². The van der Waals surface area contributed by atoms with E-state index in [1.165, 1.54) is 0 Å². The van der Waals surface area contributed by atoms with Gasteiger partial charge in [0, 0.05) is 24.2 Å². The quantitative estimate of drug-likeness (QED) is 0.499. The van der Waals surface area contributed by atoms with Gasteiger partial charge in [-0.2, -0.15) is 0 Å². The largest absolute Gasteiger partial charge is 0.292 e. The highest BCUT2D eigenvalue weighted by Gasteiger charge is 2.03. The number of imidazole rings is 1. The lowest BCUT2D eigenvalue weighted by Gasteiger charge is -2.03. The van der Waals surface area contributed by atoms with Gasteiger partial charge in [-0.1, -0.05) is 30.2 Å². The maximum absolute atomic E-state index is 4.43. The average molecular weight is 308 g/mol. The summed E-state index contributed by atoms with van der Waals surface area (Å²) in [5, 5.41) is 0. The smallest absolute Gasteiger partial charge is 0.137 e. The zero-order chi connectivity index (χ0) is 16.4. The molecule has 4 rings (SSSR count). The summed E-state index contributed by atoms with van der Waals surface area (Å²) in [6.45, 7) is 2.01. The molecule has 24 heavy (non-hydrogen) atoms. The third kappa shape index (κ3) is 2.66. The van der Waals surface area contributed by atoms with E-state index in [4.69, 9.17) is 0 Å². The fourth-order valence-corrected chi connectivity index (χ4v) is 2.57. The molecule has 0 unspecified atom stereocenters. The van der Waals surface area contributed by atoms with Gasteiger partial charge < -0.3 is 0 Å². The molecule has 0 aliphatic heterocycles. The summed E-state index contributed by atoms with van der Waals surface area (Å²) in [5.41, 5.74) is 6.07.